The Labute approximate surface area is 237 Å². The third-order valence-corrected chi connectivity index (χ3v) is 8.97. The monoisotopic (exact) mass is 550 g/mol. The predicted octanol–water partition coefficient (Wildman–Crippen LogP) is 6.19. The quantitative estimate of drug-likeness (QED) is 0.127. The van der Waals surface area contributed by atoms with E-state index in [4.69, 9.17) is 4.74 Å². The van der Waals surface area contributed by atoms with Gasteiger partial charge in [0.25, 0.3) is 0 Å². The summed E-state index contributed by atoms with van der Waals surface area (Å²) in [7, 11) is 0. The molecule has 1 aromatic carbocycles. The molecule has 6 rings (SSSR count). The summed E-state index contributed by atoms with van der Waals surface area (Å²) in [6.07, 6.45) is 14.7. The van der Waals surface area contributed by atoms with Gasteiger partial charge >= 0.3 is 0 Å². The highest BCUT2D eigenvalue weighted by Gasteiger charge is 2.33. The van der Waals surface area contributed by atoms with Crippen molar-refractivity contribution < 1.29 is 9.84 Å². The molecule has 0 aliphatic heterocycles. The number of aryl methyl sites for hydroxylation is 1. The van der Waals surface area contributed by atoms with Crippen LogP contribution in [0.2, 0.25) is 0 Å². The molecule has 0 spiro atoms. The molecule has 4 aromatic heterocycles. The highest BCUT2D eigenvalue weighted by Crippen LogP contribution is 2.43. The molecule has 0 saturated heterocycles. The van der Waals surface area contributed by atoms with Crippen LogP contribution in [0.25, 0.3) is 32.7 Å². The van der Waals surface area contributed by atoms with Crippen molar-refractivity contribution in [2.24, 2.45) is 10.9 Å². The molecule has 2 unspecified atom stereocenters. The molecule has 1 aliphatic rings. The van der Waals surface area contributed by atoms with Crippen LogP contribution in [0.5, 0.6) is 5.75 Å². The maximum atomic E-state index is 11.5. The van der Waals surface area contributed by atoms with E-state index in [0.29, 0.717) is 29.4 Å². The van der Waals surface area contributed by atoms with Crippen LogP contribution in [-0.4, -0.2) is 42.2 Å². The van der Waals surface area contributed by atoms with Crippen molar-refractivity contribution in [1.82, 2.24) is 24.7 Å². The normalized spacial score (nSPS) is 16.8. The molecule has 2 atom stereocenters. The number of hydrogen-bond acceptors (Lipinski definition) is 6. The number of aliphatic imine (C=N–C) groups is 1. The number of aromatic nitrogens is 5. The van der Waals surface area contributed by atoms with Gasteiger partial charge in [0.05, 0.1) is 30.9 Å². The number of nitriles is 2. The lowest BCUT2D eigenvalue weighted by atomic mass is 9.88. The Balaban J connectivity index is 1.39. The molecule has 0 amide bonds. The Bertz CT molecular complexity index is 1850. The summed E-state index contributed by atoms with van der Waals surface area (Å²) in [5.41, 5.74) is 3.06. The van der Waals surface area contributed by atoms with Crippen LogP contribution >= 0.6 is 0 Å². The first kappa shape index (κ1) is 26.7. The van der Waals surface area contributed by atoms with Crippen LogP contribution in [0.1, 0.15) is 68.3 Å². The number of nitrogens with zero attached hydrogens (tertiary/aromatic N) is 5. The van der Waals surface area contributed by atoms with E-state index >= 15 is 0 Å². The van der Waals surface area contributed by atoms with Gasteiger partial charge in [0, 0.05) is 58.6 Å². The maximum Gasteiger partial charge on any atom is 0.205 e. The predicted molar refractivity (Wildman–Crippen MR) is 158 cm³/mol. The van der Waals surface area contributed by atoms with Crippen molar-refractivity contribution in [2.75, 3.05) is 6.61 Å². The molecule has 5 aromatic rings. The topological polar surface area (TPSA) is 155 Å². The number of nitrogens with one attached hydrogen (secondary N) is 3. The number of ether oxygens (including phenoxy) is 1. The van der Waals surface area contributed by atoms with Gasteiger partial charge in [0.1, 0.15) is 16.8 Å². The lowest BCUT2D eigenvalue weighted by Gasteiger charge is -2.25. The van der Waals surface area contributed by atoms with E-state index in [1.165, 1.54) is 12.8 Å². The molecule has 1 fully saturated rings. The van der Waals surface area contributed by atoms with Gasteiger partial charge in [-0.15, -0.1) is 0 Å². The van der Waals surface area contributed by atoms with E-state index in [1.54, 1.807) is 13.1 Å². The number of pyridine rings is 1. The average molecular weight is 551 g/mol. The molecule has 10 heteroatoms. The van der Waals surface area contributed by atoms with Crippen molar-refractivity contribution in [3.63, 3.8) is 0 Å². The minimum Gasteiger partial charge on any atom is -0.490 e. The first-order valence-corrected chi connectivity index (χ1v) is 14.2. The van der Waals surface area contributed by atoms with E-state index in [-0.39, 0.29) is 19.1 Å². The lowest BCUT2D eigenvalue weighted by molar-refractivity contribution is 0.128. The molecule has 1 saturated carbocycles. The molecule has 10 nitrogen and oxygen atoms in total. The second-order valence-corrected chi connectivity index (χ2v) is 11.3. The minimum absolute atomic E-state index is 0.0603. The standard InChI is InChI=1S/C31H34N8O2/c1-18-19(2)35-15-24(18)31(3,40)26(37-17-33)10-13-41-29-22-14-36-30-27(22)21(9-12-34-30)23-16-39(38-28(23)29)25(8-11-32)20-6-4-5-7-20/h9,12,14-16,20,25,35,38,40H,4-8,10,13H2,1-3H3,(H,34,36). The largest absolute Gasteiger partial charge is 0.490 e. The first-order valence-electron chi connectivity index (χ1n) is 14.2. The number of hydrogen-bond donors (Lipinski definition) is 4. The van der Waals surface area contributed by atoms with Gasteiger partial charge in [-0.1, -0.05) is 12.8 Å². The van der Waals surface area contributed by atoms with Gasteiger partial charge in [-0.25, -0.2) is 4.98 Å². The highest BCUT2D eigenvalue weighted by molar-refractivity contribution is 6.22. The SMILES string of the molecule is Cc1[nH]cc(C(C)(O)C(CCOc2c3cnc4[nH]ccc(c5cn(C(CC#N)C6CCCC6)[nH]c25)c43)=NC#N)c1C. The number of H-pyrrole nitrogens is 3. The Hall–Kier alpha value is -4.54. The molecule has 1 aliphatic carbocycles. The number of aromatic amines is 3. The second kappa shape index (κ2) is 10.5. The summed E-state index contributed by atoms with van der Waals surface area (Å²) in [6, 6.07) is 4.51. The van der Waals surface area contributed by atoms with Crippen molar-refractivity contribution in [3.8, 4) is 18.0 Å². The molecular weight excluding hydrogens is 516 g/mol. The highest BCUT2D eigenvalue weighted by atomic mass is 16.5. The summed E-state index contributed by atoms with van der Waals surface area (Å²) >= 11 is 0. The summed E-state index contributed by atoms with van der Waals surface area (Å²) in [5, 5.41) is 38.0. The molecular formula is C31H34N8O2. The molecule has 4 N–H and O–H groups in total. The van der Waals surface area contributed by atoms with Crippen molar-refractivity contribution in [2.45, 2.75) is 70.9 Å². The zero-order chi connectivity index (χ0) is 28.7. The Morgan fingerprint density at radius 1 is 1.24 bits per heavy atom. The van der Waals surface area contributed by atoms with Crippen LogP contribution in [0.3, 0.4) is 0 Å². The third kappa shape index (κ3) is 4.45. The van der Waals surface area contributed by atoms with Crippen LogP contribution in [0, 0.1) is 42.6 Å². The third-order valence-electron chi connectivity index (χ3n) is 8.97. The average Bonchev–Trinajstić information content (AvgIpc) is 3.77. The fourth-order valence-electron chi connectivity index (χ4n) is 6.62. The number of rotatable bonds is 9. The molecule has 41 heavy (non-hydrogen) atoms. The number of fused-ring (bicyclic) bond motifs is 2. The second-order valence-electron chi connectivity index (χ2n) is 11.3. The van der Waals surface area contributed by atoms with Crippen LogP contribution in [-0.2, 0) is 5.60 Å². The summed E-state index contributed by atoms with van der Waals surface area (Å²) in [4.78, 5) is 15.0. The zero-order valence-corrected chi connectivity index (χ0v) is 23.6. The first-order chi connectivity index (χ1) is 19.8. The van der Waals surface area contributed by atoms with Crippen molar-refractivity contribution in [1.29, 1.82) is 10.5 Å². The Kier molecular flexibility index (Phi) is 6.80. The summed E-state index contributed by atoms with van der Waals surface area (Å²) in [6.45, 7) is 5.73. The van der Waals surface area contributed by atoms with E-state index in [0.717, 1.165) is 56.8 Å². The smallest absolute Gasteiger partial charge is 0.205 e. The van der Waals surface area contributed by atoms with E-state index in [2.05, 4.69) is 42.0 Å². The fourth-order valence-corrected chi connectivity index (χ4v) is 6.62. The Morgan fingerprint density at radius 2 is 2.05 bits per heavy atom. The summed E-state index contributed by atoms with van der Waals surface area (Å²) in [5.74, 6) is 1.11. The summed E-state index contributed by atoms with van der Waals surface area (Å²) < 4.78 is 8.58. The lowest BCUT2D eigenvalue weighted by Crippen LogP contribution is -2.33. The minimum atomic E-state index is -1.44. The van der Waals surface area contributed by atoms with E-state index < -0.39 is 5.60 Å². The molecule has 0 radical (unpaired) electrons. The molecule has 210 valence electrons. The van der Waals surface area contributed by atoms with Gasteiger partial charge in [-0.2, -0.15) is 15.5 Å². The molecule has 0 bridgehead atoms. The fraction of sp³-hybridized carbons (Fsp3) is 0.419. The van der Waals surface area contributed by atoms with Crippen LogP contribution in [0.15, 0.2) is 35.8 Å². The maximum absolute atomic E-state index is 11.5. The molecule has 4 heterocycles. The van der Waals surface area contributed by atoms with Crippen LogP contribution < -0.4 is 4.74 Å². The van der Waals surface area contributed by atoms with Crippen LogP contribution in [0.4, 0.5) is 0 Å². The number of aliphatic hydroxyl groups is 1. The van der Waals surface area contributed by atoms with E-state index in [9.17, 15) is 15.6 Å². The number of benzene rings is 1. The zero-order valence-electron chi connectivity index (χ0n) is 23.6. The van der Waals surface area contributed by atoms with Gasteiger partial charge < -0.3 is 19.8 Å². The van der Waals surface area contributed by atoms with Gasteiger partial charge in [-0.3, -0.25) is 9.78 Å². The van der Waals surface area contributed by atoms with Gasteiger partial charge in [0.2, 0.25) is 6.19 Å². The Morgan fingerprint density at radius 3 is 2.76 bits per heavy atom. The van der Waals surface area contributed by atoms with Gasteiger partial charge in [0.15, 0.2) is 5.75 Å². The van der Waals surface area contributed by atoms with Crippen molar-refractivity contribution in [3.05, 3.63) is 47.7 Å². The van der Waals surface area contributed by atoms with Crippen molar-refractivity contribution >= 4 is 38.4 Å². The van der Waals surface area contributed by atoms with Gasteiger partial charge in [-0.05, 0) is 56.5 Å². The van der Waals surface area contributed by atoms with E-state index in [1.807, 2.05) is 38.5 Å².